The molecule has 0 aromatic carbocycles. The maximum atomic E-state index is 12.0. The van der Waals surface area contributed by atoms with E-state index in [1.54, 1.807) is 12.5 Å². The van der Waals surface area contributed by atoms with Crippen LogP contribution in [-0.4, -0.2) is 28.8 Å². The largest absolute Gasteiger partial charge is 0.348 e. The molecule has 1 rings (SSSR count). The maximum Gasteiger partial charge on any atom is 0.152 e. The third-order valence-corrected chi connectivity index (χ3v) is 3.55. The molecule has 4 nitrogen and oxygen atoms in total. The summed E-state index contributed by atoms with van der Waals surface area (Å²) in [6, 6.07) is -0.0433. The molecule has 0 spiro atoms. The van der Waals surface area contributed by atoms with Gasteiger partial charge in [0.15, 0.2) is 5.78 Å². The van der Waals surface area contributed by atoms with Gasteiger partial charge in [-0.2, -0.15) is 0 Å². The monoisotopic (exact) mass is 285 g/mol. The summed E-state index contributed by atoms with van der Waals surface area (Å²) in [6.45, 7) is 8.40. The van der Waals surface area contributed by atoms with Gasteiger partial charge in [-0.15, -0.1) is 0 Å². The number of aromatic nitrogens is 2. The summed E-state index contributed by atoms with van der Waals surface area (Å²) < 4.78 is 0. The highest BCUT2D eigenvalue weighted by Gasteiger charge is 2.20. The Morgan fingerprint density at radius 3 is 2.45 bits per heavy atom. The number of ketones is 1. The number of aryl methyl sites for hydroxylation is 1. The predicted octanol–water partition coefficient (Wildman–Crippen LogP) is 3.84. The van der Waals surface area contributed by atoms with Crippen molar-refractivity contribution >= 4 is 5.78 Å². The van der Waals surface area contributed by atoms with Crippen molar-refractivity contribution in [2.45, 2.75) is 65.8 Å². The van der Waals surface area contributed by atoms with Crippen LogP contribution in [0.25, 0.3) is 0 Å². The first-order chi connectivity index (χ1) is 9.60. The van der Waals surface area contributed by atoms with Crippen molar-refractivity contribution in [1.29, 1.82) is 0 Å². The van der Waals surface area contributed by atoms with E-state index in [4.69, 9.17) is 0 Å². The third-order valence-electron chi connectivity index (χ3n) is 3.55. The zero-order valence-corrected chi connectivity index (χ0v) is 13.7. The van der Waals surface area contributed by atoms with Crippen LogP contribution in [0.5, 0.6) is 0 Å². The van der Waals surface area contributed by atoms with Gasteiger partial charge in [0.2, 0.25) is 0 Å². The predicted molar refractivity (Wildman–Crippen MR) is 89.0 cm³/mol. The molecule has 0 radical (unpaired) electrons. The summed E-state index contributed by atoms with van der Waals surface area (Å²) in [7, 11) is 1.85. The molecule has 0 aliphatic heterocycles. The number of carbonyl (C=O) groups is 1. The lowest BCUT2D eigenvalue weighted by Gasteiger charge is -2.18. The third kappa shape index (κ3) is 7.43. The number of carbonyl (C=O) groups excluding carboxylic acids is 1. The summed E-state index contributed by atoms with van der Waals surface area (Å²) in [5.74, 6) is 0.448. The number of unbranched alkanes of at least 4 members (excludes halogenated alkanes) is 1. The molecular weight excluding hydrogens is 250 g/mol. The minimum Gasteiger partial charge on any atom is -0.348 e. The zero-order chi connectivity index (χ0) is 15.4. The number of nitrogens with zero attached hydrogens (tertiary/aromatic N) is 1. The van der Waals surface area contributed by atoms with E-state index < -0.39 is 0 Å². The lowest BCUT2D eigenvalue weighted by atomic mass is 9.94. The molecule has 120 valence electrons. The highest BCUT2D eigenvalue weighted by Crippen LogP contribution is 2.10. The molecule has 20 heavy (non-hydrogen) atoms. The van der Waals surface area contributed by atoms with Crippen LogP contribution in [0.15, 0.2) is 12.5 Å². The van der Waals surface area contributed by atoms with E-state index in [-0.39, 0.29) is 14.8 Å². The van der Waals surface area contributed by atoms with Crippen LogP contribution in [0, 0.1) is 5.92 Å². The van der Waals surface area contributed by atoms with Crippen molar-refractivity contribution in [2.75, 3.05) is 7.05 Å². The molecule has 0 saturated carbocycles. The first-order valence-electron chi connectivity index (χ1n) is 7.78. The number of likely N-dealkylation sites (N-methyl/N-ethyl adjacent to an activating group) is 1. The van der Waals surface area contributed by atoms with Gasteiger partial charge >= 0.3 is 0 Å². The van der Waals surface area contributed by atoms with E-state index in [0.717, 1.165) is 25.0 Å². The molecule has 2 N–H and O–H groups in total. The van der Waals surface area contributed by atoms with Crippen LogP contribution in [0.1, 0.15) is 61.9 Å². The molecule has 0 bridgehead atoms. The van der Waals surface area contributed by atoms with E-state index >= 15 is 0 Å². The second-order valence-corrected chi connectivity index (χ2v) is 5.17. The number of aromatic amines is 1. The Kier molecular flexibility index (Phi) is 11.0. The van der Waals surface area contributed by atoms with Crippen molar-refractivity contribution in [2.24, 2.45) is 5.92 Å². The highest BCUT2D eigenvalue weighted by molar-refractivity contribution is 5.85. The van der Waals surface area contributed by atoms with Gasteiger partial charge in [-0.25, -0.2) is 4.98 Å². The molecule has 1 aromatic heterocycles. The van der Waals surface area contributed by atoms with Crippen molar-refractivity contribution in [1.82, 2.24) is 15.3 Å². The molecule has 1 unspecified atom stereocenters. The number of hydrogen-bond acceptors (Lipinski definition) is 3. The molecular formula is C16H35N3O. The normalized spacial score (nSPS) is 13.2. The molecule has 1 heterocycles. The van der Waals surface area contributed by atoms with Crippen LogP contribution < -0.4 is 5.32 Å². The number of nitrogens with one attached hydrogen (secondary N) is 2. The Morgan fingerprint density at radius 2 is 2.05 bits per heavy atom. The Balaban J connectivity index is -0.000000538. The van der Waals surface area contributed by atoms with E-state index in [1.165, 1.54) is 12.8 Å². The quantitative estimate of drug-likeness (QED) is 0.763. The van der Waals surface area contributed by atoms with Crippen molar-refractivity contribution in [3.8, 4) is 0 Å². The second-order valence-electron chi connectivity index (χ2n) is 5.17. The van der Waals surface area contributed by atoms with Crippen molar-refractivity contribution in [3.63, 3.8) is 0 Å². The van der Waals surface area contributed by atoms with Crippen molar-refractivity contribution in [3.05, 3.63) is 18.2 Å². The number of Topliss-reactive ketones (excluding diaryl/α,β-unsaturated/α-hetero) is 1. The van der Waals surface area contributed by atoms with Gasteiger partial charge in [0.05, 0.1) is 12.4 Å². The van der Waals surface area contributed by atoms with Gasteiger partial charge in [0.25, 0.3) is 0 Å². The van der Waals surface area contributed by atoms with Crippen LogP contribution in [-0.2, 0) is 11.2 Å². The highest BCUT2D eigenvalue weighted by atomic mass is 16.1. The molecule has 0 amide bonds. The van der Waals surface area contributed by atoms with Crippen LogP contribution in [0.2, 0.25) is 0 Å². The summed E-state index contributed by atoms with van der Waals surface area (Å²) in [4.78, 5) is 19.0. The van der Waals surface area contributed by atoms with Crippen LogP contribution >= 0.6 is 0 Å². The topological polar surface area (TPSA) is 57.8 Å². The summed E-state index contributed by atoms with van der Waals surface area (Å²) in [6.07, 6.45) is 8.69. The lowest BCUT2D eigenvalue weighted by Crippen LogP contribution is -2.37. The van der Waals surface area contributed by atoms with Gasteiger partial charge in [-0.1, -0.05) is 40.5 Å². The number of rotatable bonds is 8. The Labute approximate surface area is 126 Å². The Bertz CT molecular complexity index is 343. The second kappa shape index (κ2) is 11.6. The molecule has 1 aromatic rings. The SMILES string of the molecule is CCC(C)C(=O)[C@H](CCc1cnc[nH]1)NC.CCCC.[HH].[HH]. The van der Waals surface area contributed by atoms with E-state index in [1.807, 2.05) is 20.9 Å². The fraction of sp³-hybridized carbons (Fsp3) is 0.750. The Morgan fingerprint density at radius 1 is 1.40 bits per heavy atom. The van der Waals surface area contributed by atoms with Gasteiger partial charge in [-0.05, 0) is 26.3 Å². The maximum absolute atomic E-state index is 12.0. The van der Waals surface area contributed by atoms with E-state index in [0.29, 0.717) is 5.78 Å². The lowest BCUT2D eigenvalue weighted by molar-refractivity contribution is -0.124. The summed E-state index contributed by atoms with van der Waals surface area (Å²) in [5, 5.41) is 3.10. The van der Waals surface area contributed by atoms with Gasteiger partial charge in [0, 0.05) is 20.7 Å². The molecule has 0 saturated heterocycles. The van der Waals surface area contributed by atoms with Crippen molar-refractivity contribution < 1.29 is 7.65 Å². The van der Waals surface area contributed by atoms with E-state index in [2.05, 4.69) is 29.1 Å². The summed E-state index contributed by atoms with van der Waals surface area (Å²) >= 11 is 0. The standard InChI is InChI=1S/C12H21N3O.C4H10.2H2/c1-4-9(2)12(16)11(13-3)6-5-10-7-14-8-15-10;1-3-4-2;;/h7-9,11,13H,4-6H2,1-3H3,(H,14,15);3-4H2,1-2H3;2*1H/t9?,11-;;;/m0.../s1. The smallest absolute Gasteiger partial charge is 0.152 e. The molecule has 0 fully saturated rings. The van der Waals surface area contributed by atoms with Gasteiger partial charge in [-0.3, -0.25) is 4.79 Å². The average molecular weight is 285 g/mol. The van der Waals surface area contributed by atoms with Gasteiger partial charge in [0.1, 0.15) is 0 Å². The fourth-order valence-corrected chi connectivity index (χ4v) is 1.69. The first-order valence-corrected chi connectivity index (χ1v) is 7.78. The Hall–Kier alpha value is -1.16. The first kappa shape index (κ1) is 18.8. The fourth-order valence-electron chi connectivity index (χ4n) is 1.69. The van der Waals surface area contributed by atoms with E-state index in [9.17, 15) is 4.79 Å². The zero-order valence-electron chi connectivity index (χ0n) is 13.7. The summed E-state index contributed by atoms with van der Waals surface area (Å²) in [5.41, 5.74) is 1.08. The van der Waals surface area contributed by atoms with Crippen LogP contribution in [0.4, 0.5) is 0 Å². The minimum atomic E-state index is -0.0433. The van der Waals surface area contributed by atoms with Crippen LogP contribution in [0.3, 0.4) is 0 Å². The minimum absolute atomic E-state index is 0. The van der Waals surface area contributed by atoms with Gasteiger partial charge < -0.3 is 10.3 Å². The molecule has 0 aliphatic carbocycles. The number of hydrogen-bond donors (Lipinski definition) is 2. The number of imidazole rings is 1. The number of H-pyrrole nitrogens is 1. The molecule has 0 aliphatic rings. The average Bonchev–Trinajstić information content (AvgIpc) is 3.00. The molecule has 2 atom stereocenters. The molecule has 4 heteroatoms.